The number of para-hydroxylation sites is 1. The number of hydrogen-bond donors (Lipinski definition) is 1. The summed E-state index contributed by atoms with van der Waals surface area (Å²) in [6, 6.07) is 21.2. The molecule has 0 saturated carbocycles. The Labute approximate surface area is 197 Å². The third-order valence-corrected chi connectivity index (χ3v) is 5.75. The monoisotopic (exact) mass is 460 g/mol. The standard InChI is InChI=1S/C27H25FN2O4/c28-21-12-10-20(11-13-21)27(33)30-16-14-22(15-17-30)34-25-9-5-4-8-23(25)26(32)29-18-24(31)19-6-2-1-3-7-19/h1-13,22H,14-18H2,(H,29,32). The first-order valence-electron chi connectivity index (χ1n) is 11.2. The van der Waals surface area contributed by atoms with Crippen LogP contribution in [0.4, 0.5) is 4.39 Å². The molecule has 3 aromatic carbocycles. The van der Waals surface area contributed by atoms with Gasteiger partial charge < -0.3 is 15.0 Å². The smallest absolute Gasteiger partial charge is 0.255 e. The minimum Gasteiger partial charge on any atom is -0.489 e. The number of ketones is 1. The van der Waals surface area contributed by atoms with Crippen molar-refractivity contribution in [3.05, 3.63) is 101 Å². The number of carbonyl (C=O) groups excluding carboxylic acids is 3. The number of halogens is 1. The lowest BCUT2D eigenvalue weighted by Crippen LogP contribution is -2.42. The molecular weight excluding hydrogens is 435 g/mol. The quantitative estimate of drug-likeness (QED) is 0.538. The third-order valence-electron chi connectivity index (χ3n) is 5.75. The molecule has 0 bridgehead atoms. The number of nitrogens with one attached hydrogen (secondary N) is 1. The van der Waals surface area contributed by atoms with Crippen molar-refractivity contribution in [3.8, 4) is 5.75 Å². The van der Waals surface area contributed by atoms with Gasteiger partial charge in [-0.1, -0.05) is 42.5 Å². The number of likely N-dealkylation sites (tertiary alicyclic amines) is 1. The summed E-state index contributed by atoms with van der Waals surface area (Å²) >= 11 is 0. The van der Waals surface area contributed by atoms with E-state index in [2.05, 4.69) is 5.32 Å². The van der Waals surface area contributed by atoms with E-state index in [1.54, 1.807) is 53.4 Å². The van der Waals surface area contributed by atoms with Gasteiger partial charge in [0, 0.05) is 37.1 Å². The normalized spacial score (nSPS) is 13.9. The van der Waals surface area contributed by atoms with Crippen molar-refractivity contribution in [3.63, 3.8) is 0 Å². The van der Waals surface area contributed by atoms with Crippen LogP contribution in [0.25, 0.3) is 0 Å². The highest BCUT2D eigenvalue weighted by atomic mass is 19.1. The van der Waals surface area contributed by atoms with Gasteiger partial charge in [0.1, 0.15) is 17.7 Å². The van der Waals surface area contributed by atoms with Crippen LogP contribution in [0.5, 0.6) is 5.75 Å². The molecule has 0 aliphatic carbocycles. The lowest BCUT2D eigenvalue weighted by molar-refractivity contribution is 0.0593. The summed E-state index contributed by atoms with van der Waals surface area (Å²) in [5.74, 6) is -0.637. The molecule has 1 saturated heterocycles. The lowest BCUT2D eigenvalue weighted by Gasteiger charge is -2.32. The number of hydrogen-bond acceptors (Lipinski definition) is 4. The highest BCUT2D eigenvalue weighted by Crippen LogP contribution is 2.24. The third kappa shape index (κ3) is 5.67. The number of rotatable bonds is 7. The summed E-state index contributed by atoms with van der Waals surface area (Å²) in [6.45, 7) is 0.892. The van der Waals surface area contributed by atoms with Gasteiger partial charge >= 0.3 is 0 Å². The van der Waals surface area contributed by atoms with Crippen molar-refractivity contribution in [2.45, 2.75) is 18.9 Å². The second-order valence-corrected chi connectivity index (χ2v) is 8.08. The van der Waals surface area contributed by atoms with E-state index in [1.807, 2.05) is 6.07 Å². The number of amides is 2. The van der Waals surface area contributed by atoms with E-state index in [0.717, 1.165) is 0 Å². The van der Waals surface area contributed by atoms with Crippen molar-refractivity contribution in [2.75, 3.05) is 19.6 Å². The summed E-state index contributed by atoms with van der Waals surface area (Å²) in [7, 11) is 0. The summed E-state index contributed by atoms with van der Waals surface area (Å²) in [5.41, 5.74) is 1.34. The van der Waals surface area contributed by atoms with E-state index in [-0.39, 0.29) is 36.1 Å². The van der Waals surface area contributed by atoms with E-state index in [1.165, 1.54) is 24.3 Å². The zero-order valence-electron chi connectivity index (χ0n) is 18.6. The Bertz CT molecular complexity index is 1160. The molecule has 7 heteroatoms. The molecular formula is C27H25FN2O4. The molecule has 0 aromatic heterocycles. The van der Waals surface area contributed by atoms with Crippen LogP contribution in [0.15, 0.2) is 78.9 Å². The van der Waals surface area contributed by atoms with Gasteiger partial charge in [0.25, 0.3) is 11.8 Å². The Balaban J connectivity index is 1.32. The minimum absolute atomic E-state index is 0.110. The molecule has 1 aliphatic heterocycles. The highest BCUT2D eigenvalue weighted by molar-refractivity contribution is 6.03. The van der Waals surface area contributed by atoms with Crippen molar-refractivity contribution in [1.82, 2.24) is 10.2 Å². The van der Waals surface area contributed by atoms with Crippen molar-refractivity contribution < 1.29 is 23.5 Å². The summed E-state index contributed by atoms with van der Waals surface area (Å²) in [5, 5.41) is 2.67. The molecule has 2 amide bonds. The molecule has 34 heavy (non-hydrogen) atoms. The molecule has 0 atom stereocenters. The van der Waals surface area contributed by atoms with Crippen LogP contribution in [0, 0.1) is 5.82 Å². The molecule has 3 aromatic rings. The highest BCUT2D eigenvalue weighted by Gasteiger charge is 2.26. The number of nitrogens with zero attached hydrogens (tertiary/aromatic N) is 1. The second-order valence-electron chi connectivity index (χ2n) is 8.08. The minimum atomic E-state index is -0.385. The van der Waals surface area contributed by atoms with Crippen LogP contribution in [0.1, 0.15) is 43.9 Å². The second kappa shape index (κ2) is 10.7. The zero-order chi connectivity index (χ0) is 23.9. The Morgan fingerprint density at radius 2 is 1.50 bits per heavy atom. The fourth-order valence-corrected chi connectivity index (χ4v) is 3.87. The van der Waals surface area contributed by atoms with Gasteiger partial charge in [-0.05, 0) is 36.4 Å². The predicted molar refractivity (Wildman–Crippen MR) is 126 cm³/mol. The maximum atomic E-state index is 13.1. The Morgan fingerprint density at radius 1 is 0.853 bits per heavy atom. The van der Waals surface area contributed by atoms with Crippen LogP contribution in [-0.2, 0) is 0 Å². The fourth-order valence-electron chi connectivity index (χ4n) is 3.87. The first kappa shape index (κ1) is 23.2. The number of benzene rings is 3. The molecule has 174 valence electrons. The average molecular weight is 461 g/mol. The Morgan fingerprint density at radius 3 is 2.21 bits per heavy atom. The molecule has 6 nitrogen and oxygen atoms in total. The summed E-state index contributed by atoms with van der Waals surface area (Å²) in [4.78, 5) is 39.4. The average Bonchev–Trinajstić information content (AvgIpc) is 2.88. The summed E-state index contributed by atoms with van der Waals surface area (Å²) < 4.78 is 19.2. The van der Waals surface area contributed by atoms with E-state index >= 15 is 0 Å². The summed E-state index contributed by atoms with van der Waals surface area (Å²) in [6.07, 6.45) is 1.06. The van der Waals surface area contributed by atoms with Crippen LogP contribution in [0.2, 0.25) is 0 Å². The first-order chi connectivity index (χ1) is 16.5. The molecule has 1 heterocycles. The van der Waals surface area contributed by atoms with E-state index in [4.69, 9.17) is 4.74 Å². The predicted octanol–water partition coefficient (Wildman–Crippen LogP) is 4.12. The molecule has 1 aliphatic rings. The van der Waals surface area contributed by atoms with Crippen LogP contribution in [-0.4, -0.2) is 48.2 Å². The molecule has 0 radical (unpaired) electrons. The lowest BCUT2D eigenvalue weighted by atomic mass is 10.1. The number of piperidine rings is 1. The fraction of sp³-hybridized carbons (Fsp3) is 0.222. The van der Waals surface area contributed by atoms with Gasteiger partial charge in [-0.2, -0.15) is 0 Å². The van der Waals surface area contributed by atoms with Crippen molar-refractivity contribution >= 4 is 17.6 Å². The van der Waals surface area contributed by atoms with Gasteiger partial charge in [-0.15, -0.1) is 0 Å². The molecule has 0 spiro atoms. The van der Waals surface area contributed by atoms with Gasteiger partial charge in [-0.3, -0.25) is 14.4 Å². The molecule has 4 rings (SSSR count). The SMILES string of the molecule is O=C(CNC(=O)c1ccccc1OC1CCN(C(=O)c2ccc(F)cc2)CC1)c1ccccc1. The van der Waals surface area contributed by atoms with E-state index < -0.39 is 0 Å². The molecule has 0 unspecified atom stereocenters. The van der Waals surface area contributed by atoms with Gasteiger partial charge in [0.15, 0.2) is 5.78 Å². The van der Waals surface area contributed by atoms with Crippen LogP contribution >= 0.6 is 0 Å². The number of ether oxygens (including phenoxy) is 1. The maximum Gasteiger partial charge on any atom is 0.255 e. The first-order valence-corrected chi connectivity index (χ1v) is 11.2. The topological polar surface area (TPSA) is 75.7 Å². The van der Waals surface area contributed by atoms with Gasteiger partial charge in [0.05, 0.1) is 12.1 Å². The number of Topliss-reactive ketones (excluding diaryl/α,β-unsaturated/α-hetero) is 1. The van der Waals surface area contributed by atoms with Crippen LogP contribution in [0.3, 0.4) is 0 Å². The van der Waals surface area contributed by atoms with E-state index in [0.29, 0.717) is 48.4 Å². The van der Waals surface area contributed by atoms with Crippen molar-refractivity contribution in [1.29, 1.82) is 0 Å². The molecule has 1 N–H and O–H groups in total. The van der Waals surface area contributed by atoms with E-state index in [9.17, 15) is 18.8 Å². The van der Waals surface area contributed by atoms with Crippen molar-refractivity contribution in [2.24, 2.45) is 0 Å². The Hall–Kier alpha value is -4.00. The largest absolute Gasteiger partial charge is 0.489 e. The zero-order valence-corrected chi connectivity index (χ0v) is 18.6. The van der Waals surface area contributed by atoms with Gasteiger partial charge in [0.2, 0.25) is 0 Å². The van der Waals surface area contributed by atoms with Crippen LogP contribution < -0.4 is 10.1 Å². The van der Waals surface area contributed by atoms with Gasteiger partial charge in [-0.25, -0.2) is 4.39 Å². The maximum absolute atomic E-state index is 13.1. The Kier molecular flexibility index (Phi) is 7.32. The number of carbonyl (C=O) groups is 3. The molecule has 1 fully saturated rings.